The number of fused-ring (bicyclic) bond motifs is 1. The summed E-state index contributed by atoms with van der Waals surface area (Å²) >= 11 is 3.34. The third kappa shape index (κ3) is 4.92. The summed E-state index contributed by atoms with van der Waals surface area (Å²) in [6.07, 6.45) is 0. The molecule has 0 spiro atoms. The average Bonchev–Trinajstić information content (AvgIpc) is 2.77. The zero-order valence-electron chi connectivity index (χ0n) is 16.3. The zero-order chi connectivity index (χ0) is 21.8. The van der Waals surface area contributed by atoms with Gasteiger partial charge in [0.05, 0.1) is 5.69 Å². The maximum absolute atomic E-state index is 12.5. The Balaban J connectivity index is 1.52. The number of hydrogen-bond acceptors (Lipinski definition) is 4. The smallest absolute Gasteiger partial charge is 0.265 e. The number of halogens is 1. The van der Waals surface area contributed by atoms with Crippen molar-refractivity contribution < 1.29 is 19.1 Å². The van der Waals surface area contributed by atoms with Gasteiger partial charge in [-0.15, -0.1) is 0 Å². The molecule has 2 N–H and O–H groups in total. The third-order valence-corrected chi connectivity index (χ3v) is 5.15. The third-order valence-electron chi connectivity index (χ3n) is 4.63. The van der Waals surface area contributed by atoms with Crippen molar-refractivity contribution in [1.82, 2.24) is 0 Å². The van der Waals surface area contributed by atoms with Crippen molar-refractivity contribution in [2.45, 2.75) is 0 Å². The van der Waals surface area contributed by atoms with Crippen molar-refractivity contribution in [2.24, 2.45) is 0 Å². The van der Waals surface area contributed by atoms with E-state index in [1.807, 2.05) is 18.2 Å². The highest BCUT2D eigenvalue weighted by Crippen LogP contribution is 2.34. The Labute approximate surface area is 187 Å². The molecule has 0 saturated carbocycles. The molecule has 4 rings (SSSR count). The number of benzene rings is 3. The number of nitrogens with zero attached hydrogens (tertiary/aromatic N) is 1. The molecule has 156 valence electrons. The SMILES string of the molecule is O=C(CN1C(=O)COc2ccc(NC(=O)c3ccc(Br)cc3)cc21)Nc1ccccc1. The molecule has 1 aliphatic rings. The second-order valence-electron chi connectivity index (χ2n) is 6.83. The number of nitrogens with one attached hydrogen (secondary N) is 2. The molecule has 3 aromatic rings. The van der Waals surface area contributed by atoms with E-state index >= 15 is 0 Å². The van der Waals surface area contributed by atoms with Gasteiger partial charge >= 0.3 is 0 Å². The molecule has 1 aliphatic heterocycles. The van der Waals surface area contributed by atoms with E-state index in [9.17, 15) is 14.4 Å². The van der Waals surface area contributed by atoms with Gasteiger partial charge in [-0.2, -0.15) is 0 Å². The van der Waals surface area contributed by atoms with Crippen LogP contribution >= 0.6 is 15.9 Å². The first kappa shape index (κ1) is 20.6. The van der Waals surface area contributed by atoms with E-state index in [2.05, 4.69) is 26.6 Å². The lowest BCUT2D eigenvalue weighted by Gasteiger charge is -2.29. The maximum atomic E-state index is 12.5. The van der Waals surface area contributed by atoms with Gasteiger partial charge in [-0.3, -0.25) is 19.3 Å². The van der Waals surface area contributed by atoms with Crippen molar-refractivity contribution in [3.63, 3.8) is 0 Å². The van der Waals surface area contributed by atoms with Crippen molar-refractivity contribution >= 4 is 50.7 Å². The molecule has 3 aromatic carbocycles. The molecule has 0 aromatic heterocycles. The van der Waals surface area contributed by atoms with Gasteiger partial charge in [0.2, 0.25) is 5.91 Å². The Kier molecular flexibility index (Phi) is 5.99. The summed E-state index contributed by atoms with van der Waals surface area (Å²) in [5, 5.41) is 5.57. The van der Waals surface area contributed by atoms with Crippen LogP contribution in [-0.4, -0.2) is 30.9 Å². The summed E-state index contributed by atoms with van der Waals surface area (Å²) in [7, 11) is 0. The average molecular weight is 480 g/mol. The molecule has 7 nitrogen and oxygen atoms in total. The van der Waals surface area contributed by atoms with Gasteiger partial charge < -0.3 is 15.4 Å². The number of hydrogen-bond donors (Lipinski definition) is 2. The van der Waals surface area contributed by atoms with Crippen LogP contribution < -0.4 is 20.3 Å². The highest BCUT2D eigenvalue weighted by Gasteiger charge is 2.28. The van der Waals surface area contributed by atoms with Gasteiger partial charge in [0.15, 0.2) is 6.61 Å². The Morgan fingerprint density at radius 3 is 2.42 bits per heavy atom. The summed E-state index contributed by atoms with van der Waals surface area (Å²) in [6, 6.07) is 20.9. The van der Waals surface area contributed by atoms with Gasteiger partial charge in [-0.25, -0.2) is 0 Å². The number of rotatable bonds is 5. The molecule has 8 heteroatoms. The van der Waals surface area contributed by atoms with E-state index in [0.717, 1.165) is 4.47 Å². The molecule has 0 bridgehead atoms. The monoisotopic (exact) mass is 479 g/mol. The summed E-state index contributed by atoms with van der Waals surface area (Å²) in [5.74, 6) is -0.499. The minimum Gasteiger partial charge on any atom is -0.482 e. The minimum atomic E-state index is -0.341. The molecule has 0 aliphatic carbocycles. The highest BCUT2D eigenvalue weighted by molar-refractivity contribution is 9.10. The van der Waals surface area contributed by atoms with E-state index in [0.29, 0.717) is 28.4 Å². The summed E-state index contributed by atoms with van der Waals surface area (Å²) in [6.45, 7) is -0.329. The zero-order valence-corrected chi connectivity index (χ0v) is 17.9. The van der Waals surface area contributed by atoms with Gasteiger partial charge in [0.1, 0.15) is 12.3 Å². The standard InChI is InChI=1S/C23H18BrN3O4/c24-16-8-6-15(7-9-16)23(30)26-18-10-11-20-19(12-18)27(22(29)14-31-20)13-21(28)25-17-4-2-1-3-5-17/h1-12H,13-14H2,(H,25,28)(H,26,30). The minimum absolute atomic E-state index is 0.157. The van der Waals surface area contributed by atoms with Crippen LogP contribution in [0.25, 0.3) is 0 Å². The summed E-state index contributed by atoms with van der Waals surface area (Å²) < 4.78 is 6.36. The second kappa shape index (κ2) is 9.01. The maximum Gasteiger partial charge on any atom is 0.265 e. The van der Waals surface area contributed by atoms with Gasteiger partial charge in [-0.1, -0.05) is 34.1 Å². The Bertz CT molecular complexity index is 1130. The van der Waals surface area contributed by atoms with E-state index in [4.69, 9.17) is 4.74 Å². The number of carbonyl (C=O) groups is 3. The number of carbonyl (C=O) groups excluding carboxylic acids is 3. The molecular weight excluding hydrogens is 462 g/mol. The number of ether oxygens (including phenoxy) is 1. The summed E-state index contributed by atoms with van der Waals surface area (Å²) in [5.41, 5.74) is 2.04. The summed E-state index contributed by atoms with van der Waals surface area (Å²) in [4.78, 5) is 38.8. The number of amides is 3. The van der Waals surface area contributed by atoms with Crippen LogP contribution in [0.5, 0.6) is 5.75 Å². The van der Waals surface area contributed by atoms with Gasteiger partial charge in [0.25, 0.3) is 11.8 Å². The molecule has 0 unspecified atom stereocenters. The first-order valence-corrected chi connectivity index (χ1v) is 10.3. The highest BCUT2D eigenvalue weighted by atomic mass is 79.9. The van der Waals surface area contributed by atoms with E-state index in [1.54, 1.807) is 54.6 Å². The number of anilines is 3. The Morgan fingerprint density at radius 1 is 0.935 bits per heavy atom. The lowest BCUT2D eigenvalue weighted by molar-refractivity contribution is -0.123. The van der Waals surface area contributed by atoms with E-state index < -0.39 is 0 Å². The van der Waals surface area contributed by atoms with Crippen LogP contribution in [0.1, 0.15) is 10.4 Å². The molecule has 1 heterocycles. The Morgan fingerprint density at radius 2 is 1.68 bits per heavy atom. The molecule has 3 amide bonds. The fourth-order valence-electron chi connectivity index (χ4n) is 3.12. The van der Waals surface area contributed by atoms with Crippen molar-refractivity contribution in [1.29, 1.82) is 0 Å². The van der Waals surface area contributed by atoms with Crippen LogP contribution in [0.3, 0.4) is 0 Å². The molecular formula is C23H18BrN3O4. The van der Waals surface area contributed by atoms with Crippen LogP contribution in [0.4, 0.5) is 17.1 Å². The number of para-hydroxylation sites is 1. The van der Waals surface area contributed by atoms with Gasteiger partial charge in [-0.05, 0) is 54.6 Å². The topological polar surface area (TPSA) is 87.7 Å². The van der Waals surface area contributed by atoms with E-state index in [1.165, 1.54) is 4.90 Å². The van der Waals surface area contributed by atoms with Crippen molar-refractivity contribution in [3.05, 3.63) is 82.8 Å². The predicted octanol–water partition coefficient (Wildman–Crippen LogP) is 4.07. The molecule has 31 heavy (non-hydrogen) atoms. The first-order chi connectivity index (χ1) is 15.0. The largest absolute Gasteiger partial charge is 0.482 e. The molecule has 0 atom stereocenters. The molecule has 0 radical (unpaired) electrons. The first-order valence-electron chi connectivity index (χ1n) is 9.48. The van der Waals surface area contributed by atoms with Crippen LogP contribution in [0.2, 0.25) is 0 Å². The van der Waals surface area contributed by atoms with E-state index in [-0.39, 0.29) is 30.9 Å². The van der Waals surface area contributed by atoms with Crippen molar-refractivity contribution in [3.8, 4) is 5.75 Å². The van der Waals surface area contributed by atoms with Crippen LogP contribution in [0, 0.1) is 0 Å². The molecule has 0 saturated heterocycles. The second-order valence-corrected chi connectivity index (χ2v) is 7.74. The van der Waals surface area contributed by atoms with Crippen LogP contribution in [-0.2, 0) is 9.59 Å². The fraction of sp³-hybridized carbons (Fsp3) is 0.0870. The predicted molar refractivity (Wildman–Crippen MR) is 121 cm³/mol. The fourth-order valence-corrected chi connectivity index (χ4v) is 3.39. The lowest BCUT2D eigenvalue weighted by Crippen LogP contribution is -2.43. The molecule has 0 fully saturated rings. The van der Waals surface area contributed by atoms with Crippen molar-refractivity contribution in [2.75, 3.05) is 28.7 Å². The Hall–Kier alpha value is -3.65. The lowest BCUT2D eigenvalue weighted by atomic mass is 10.1. The normalized spacial score (nSPS) is 12.5. The van der Waals surface area contributed by atoms with Gasteiger partial charge in [0, 0.05) is 21.4 Å². The quantitative estimate of drug-likeness (QED) is 0.577. The van der Waals surface area contributed by atoms with Crippen LogP contribution in [0.15, 0.2) is 77.3 Å².